The number of nitrogens with one attached hydrogen (secondary N) is 1. The van der Waals surface area contributed by atoms with E-state index in [1.807, 2.05) is 31.2 Å². The number of halogens is 1. The number of nitrogens with zero attached hydrogens (tertiary/aromatic N) is 3. The van der Waals surface area contributed by atoms with E-state index in [4.69, 9.17) is 22.1 Å². The summed E-state index contributed by atoms with van der Waals surface area (Å²) in [7, 11) is 0. The number of ether oxygens (including phenoxy) is 1. The first-order chi connectivity index (χ1) is 18.1. The van der Waals surface area contributed by atoms with Crippen LogP contribution < -0.4 is 10.1 Å². The van der Waals surface area contributed by atoms with Gasteiger partial charge in [-0.3, -0.25) is 4.40 Å². The summed E-state index contributed by atoms with van der Waals surface area (Å²) >= 11 is 9.72. The molecule has 1 N–H and O–H groups in total. The third-order valence-electron chi connectivity index (χ3n) is 6.77. The normalized spacial score (nSPS) is 12.9. The number of rotatable bonds is 6. The van der Waals surface area contributed by atoms with Crippen molar-refractivity contribution in [2.75, 3.05) is 11.9 Å². The Morgan fingerprint density at radius 2 is 1.73 bits per heavy atom. The zero-order valence-corrected chi connectivity index (χ0v) is 23.0. The van der Waals surface area contributed by atoms with Crippen LogP contribution in [0.5, 0.6) is 5.75 Å². The molecular weight excluding hydrogens is 544 g/mol. The average molecular weight is 572 g/mol. The van der Waals surface area contributed by atoms with E-state index in [2.05, 4.69) is 84.9 Å². The lowest BCUT2D eigenvalue weighted by Crippen LogP contribution is -2.15. The topological polar surface area (TPSA) is 43.5 Å². The van der Waals surface area contributed by atoms with Crippen molar-refractivity contribution >= 4 is 44.5 Å². The number of hydrogen-bond acceptors (Lipinski definition) is 3. The van der Waals surface area contributed by atoms with Crippen LogP contribution in [0.1, 0.15) is 31.0 Å². The van der Waals surface area contributed by atoms with Gasteiger partial charge in [0.15, 0.2) is 5.82 Å². The second-order valence-electron chi connectivity index (χ2n) is 9.15. The van der Waals surface area contributed by atoms with Gasteiger partial charge in [-0.1, -0.05) is 70.6 Å². The summed E-state index contributed by atoms with van der Waals surface area (Å²) in [6.07, 6.45) is 3.21. The fraction of sp³-hybridized carbons (Fsp3) is 0.200. The minimum atomic E-state index is 0.638. The number of aryl methyl sites for hydroxylation is 2. The summed E-state index contributed by atoms with van der Waals surface area (Å²) in [6, 6.07) is 26.9. The highest BCUT2D eigenvalue weighted by Crippen LogP contribution is 2.39. The molecule has 3 aromatic carbocycles. The molecule has 0 amide bonds. The van der Waals surface area contributed by atoms with E-state index in [9.17, 15) is 0 Å². The Bertz CT molecular complexity index is 1570. The third kappa shape index (κ3) is 4.47. The van der Waals surface area contributed by atoms with Gasteiger partial charge in [0.05, 0.1) is 12.3 Å². The lowest BCUT2D eigenvalue weighted by Gasteiger charge is -2.13. The van der Waals surface area contributed by atoms with Gasteiger partial charge in [0.2, 0.25) is 0 Å². The average Bonchev–Trinajstić information content (AvgIpc) is 3.36. The molecule has 5 nitrogen and oxygen atoms in total. The molecule has 0 unspecified atom stereocenters. The van der Waals surface area contributed by atoms with Crippen LogP contribution in [0.15, 0.2) is 83.3 Å². The monoisotopic (exact) mass is 570 g/mol. The minimum absolute atomic E-state index is 0.638. The fourth-order valence-corrected chi connectivity index (χ4v) is 5.73. The Labute approximate surface area is 230 Å². The molecule has 5 aromatic rings. The number of anilines is 1. The summed E-state index contributed by atoms with van der Waals surface area (Å²) in [5.74, 6) is 1.75. The Hall–Kier alpha value is -3.42. The first-order valence-corrected chi connectivity index (χ1v) is 13.8. The number of aromatic nitrogens is 3. The van der Waals surface area contributed by atoms with Gasteiger partial charge in [-0.15, -0.1) is 0 Å². The molecule has 3 heterocycles. The van der Waals surface area contributed by atoms with Gasteiger partial charge in [-0.2, -0.15) is 5.10 Å². The van der Waals surface area contributed by atoms with E-state index in [1.165, 1.54) is 16.7 Å². The minimum Gasteiger partial charge on any atom is -0.494 e. The molecular formula is C30H27BrN4OS. The Morgan fingerprint density at radius 1 is 0.973 bits per heavy atom. The van der Waals surface area contributed by atoms with Gasteiger partial charge in [0, 0.05) is 33.4 Å². The Kier molecular flexibility index (Phi) is 6.57. The first kappa shape index (κ1) is 23.9. The van der Waals surface area contributed by atoms with Crippen molar-refractivity contribution in [1.29, 1.82) is 0 Å². The molecule has 0 spiro atoms. The maximum Gasteiger partial charge on any atom is 0.166 e. The van der Waals surface area contributed by atoms with Crippen molar-refractivity contribution in [2.45, 2.75) is 32.7 Å². The standard InChI is InChI=1S/C30H27BrN4OS/c1-2-36-24-17-15-23(16-18-24)32-29(37)27-26(20-8-4-3-5-9-20)25-10-6-7-19-34-30(25)35(27)28(33-34)21-11-13-22(31)14-12-21/h3-5,8-9,11-18H,2,6-7,10,19H2,1H3,(H,32,37). The van der Waals surface area contributed by atoms with Crippen LogP contribution in [0, 0.1) is 0 Å². The molecule has 186 valence electrons. The summed E-state index contributed by atoms with van der Waals surface area (Å²) in [6.45, 7) is 3.52. The van der Waals surface area contributed by atoms with E-state index >= 15 is 0 Å². The van der Waals surface area contributed by atoms with Crippen molar-refractivity contribution < 1.29 is 4.74 Å². The van der Waals surface area contributed by atoms with E-state index < -0.39 is 0 Å². The molecule has 0 bridgehead atoms. The quantitative estimate of drug-likeness (QED) is 0.212. The molecule has 0 aliphatic carbocycles. The van der Waals surface area contributed by atoms with Crippen LogP contribution in [0.3, 0.4) is 0 Å². The van der Waals surface area contributed by atoms with E-state index in [1.54, 1.807) is 0 Å². The van der Waals surface area contributed by atoms with Gasteiger partial charge >= 0.3 is 0 Å². The van der Waals surface area contributed by atoms with Gasteiger partial charge in [0.25, 0.3) is 0 Å². The Morgan fingerprint density at radius 3 is 2.46 bits per heavy atom. The van der Waals surface area contributed by atoms with Gasteiger partial charge in [-0.25, -0.2) is 4.68 Å². The van der Waals surface area contributed by atoms with Crippen molar-refractivity contribution in [3.05, 3.63) is 94.6 Å². The van der Waals surface area contributed by atoms with Crippen LogP contribution >= 0.6 is 28.1 Å². The largest absolute Gasteiger partial charge is 0.494 e. The molecule has 0 atom stereocenters. The van der Waals surface area contributed by atoms with Crippen LogP contribution in [-0.4, -0.2) is 25.8 Å². The maximum atomic E-state index is 6.15. The molecule has 37 heavy (non-hydrogen) atoms. The molecule has 2 aromatic heterocycles. The zero-order chi connectivity index (χ0) is 25.4. The number of benzene rings is 3. The summed E-state index contributed by atoms with van der Waals surface area (Å²) in [5, 5.41) is 8.63. The second kappa shape index (κ2) is 10.1. The molecule has 0 fully saturated rings. The summed E-state index contributed by atoms with van der Waals surface area (Å²) < 4.78 is 11.1. The highest BCUT2D eigenvalue weighted by Gasteiger charge is 2.29. The molecule has 0 saturated carbocycles. The van der Waals surface area contributed by atoms with Crippen LogP contribution in [0.25, 0.3) is 28.2 Å². The lowest BCUT2D eigenvalue weighted by atomic mass is 9.98. The van der Waals surface area contributed by atoms with E-state index in [-0.39, 0.29) is 0 Å². The van der Waals surface area contributed by atoms with Crippen LogP contribution in [0.4, 0.5) is 5.69 Å². The zero-order valence-electron chi connectivity index (χ0n) is 20.6. The first-order valence-electron chi connectivity index (χ1n) is 12.6. The fourth-order valence-electron chi connectivity index (χ4n) is 5.16. The van der Waals surface area contributed by atoms with Crippen molar-refractivity contribution in [3.8, 4) is 28.3 Å². The van der Waals surface area contributed by atoms with Crippen molar-refractivity contribution in [1.82, 2.24) is 14.2 Å². The molecule has 1 aliphatic heterocycles. The predicted molar refractivity (Wildman–Crippen MR) is 158 cm³/mol. The number of thiocarbonyl (C=S) groups is 1. The van der Waals surface area contributed by atoms with Crippen LogP contribution in [-0.2, 0) is 13.0 Å². The van der Waals surface area contributed by atoms with Gasteiger partial charge in [0.1, 0.15) is 16.4 Å². The van der Waals surface area contributed by atoms with Crippen LogP contribution in [0.2, 0.25) is 0 Å². The molecule has 0 saturated heterocycles. The molecule has 1 aliphatic rings. The van der Waals surface area contributed by atoms with E-state index in [0.717, 1.165) is 64.4 Å². The van der Waals surface area contributed by atoms with E-state index in [0.29, 0.717) is 11.6 Å². The smallest absolute Gasteiger partial charge is 0.166 e. The maximum absolute atomic E-state index is 6.15. The molecule has 0 radical (unpaired) electrons. The van der Waals surface area contributed by atoms with Crippen molar-refractivity contribution in [3.63, 3.8) is 0 Å². The lowest BCUT2D eigenvalue weighted by molar-refractivity contribution is 0.340. The Balaban J connectivity index is 1.57. The second-order valence-corrected chi connectivity index (χ2v) is 10.5. The molecule has 6 rings (SSSR count). The van der Waals surface area contributed by atoms with Gasteiger partial charge < -0.3 is 10.1 Å². The number of hydrogen-bond donors (Lipinski definition) is 1. The van der Waals surface area contributed by atoms with Crippen molar-refractivity contribution in [2.24, 2.45) is 0 Å². The summed E-state index contributed by atoms with van der Waals surface area (Å²) in [5.41, 5.74) is 7.77. The summed E-state index contributed by atoms with van der Waals surface area (Å²) in [4.78, 5) is 0.669. The predicted octanol–water partition coefficient (Wildman–Crippen LogP) is 7.75. The highest BCUT2D eigenvalue weighted by atomic mass is 79.9. The SMILES string of the molecule is CCOc1ccc(NC(=S)c2c(-c3ccccc3)c3c4n(nc(-c5ccc(Br)cc5)n24)CCCC3)cc1. The van der Waals surface area contributed by atoms with Gasteiger partial charge in [-0.05, 0) is 68.1 Å². The highest BCUT2D eigenvalue weighted by molar-refractivity contribution is 9.10. The third-order valence-corrected chi connectivity index (χ3v) is 7.59. The molecule has 7 heteroatoms.